The van der Waals surface area contributed by atoms with E-state index in [0.29, 0.717) is 0 Å². The van der Waals surface area contributed by atoms with Crippen molar-refractivity contribution >= 4 is 39.1 Å². The number of carbonyl (C=O) groups excluding carboxylic acids is 2. The van der Waals surface area contributed by atoms with Crippen LogP contribution in [0.5, 0.6) is 0 Å². The fourth-order valence-corrected chi connectivity index (χ4v) is 2.55. The number of benzene rings is 1. The van der Waals surface area contributed by atoms with Crippen LogP contribution in [0, 0.1) is 0 Å². The first-order valence-electron chi connectivity index (χ1n) is 7.42. The Morgan fingerprint density at radius 2 is 1.83 bits per heavy atom. The highest BCUT2D eigenvalue weighted by Crippen LogP contribution is 2.23. The molecule has 0 spiro atoms. The third-order valence-corrected chi connectivity index (χ3v) is 4.19. The van der Waals surface area contributed by atoms with Crippen molar-refractivity contribution in [3.05, 3.63) is 28.8 Å². The van der Waals surface area contributed by atoms with E-state index in [2.05, 4.69) is 15.4 Å². The van der Waals surface area contributed by atoms with E-state index in [0.717, 1.165) is 12.7 Å². The molecule has 2 amide bonds. The van der Waals surface area contributed by atoms with Crippen molar-refractivity contribution in [1.29, 1.82) is 0 Å². The molecule has 0 aliphatic carbocycles. The Morgan fingerprint density at radius 3 is 2.38 bits per heavy atom. The monoisotopic (exact) mass is 375 g/mol. The van der Waals surface area contributed by atoms with Crippen LogP contribution in [0.2, 0.25) is 5.02 Å². The zero-order valence-electron chi connectivity index (χ0n) is 14.0. The minimum absolute atomic E-state index is 0.0120. The number of halogens is 1. The normalized spacial score (nSPS) is 13.7. The summed E-state index contributed by atoms with van der Waals surface area (Å²) in [5.74, 6) is -0.795. The minimum Gasteiger partial charge on any atom is -0.352 e. The molecule has 9 heteroatoms. The molecule has 0 saturated heterocycles. The third kappa shape index (κ3) is 6.37. The molecule has 2 unspecified atom stereocenters. The second-order valence-electron chi connectivity index (χ2n) is 5.58. The molecule has 0 bridgehead atoms. The molecule has 0 heterocycles. The summed E-state index contributed by atoms with van der Waals surface area (Å²) in [6.45, 7) is 5.38. The lowest BCUT2D eigenvalue weighted by atomic mass is 10.1. The summed E-state index contributed by atoms with van der Waals surface area (Å²) >= 11 is 5.91. The summed E-state index contributed by atoms with van der Waals surface area (Å²) in [5, 5.41) is 5.50. The zero-order chi connectivity index (χ0) is 18.5. The van der Waals surface area contributed by atoms with Crippen LogP contribution in [-0.4, -0.2) is 38.6 Å². The molecule has 24 heavy (non-hydrogen) atoms. The molecule has 1 rings (SSSR count). The van der Waals surface area contributed by atoms with Gasteiger partial charge in [-0.1, -0.05) is 18.5 Å². The molecule has 0 saturated carbocycles. The Balaban J connectivity index is 2.84. The predicted octanol–water partition coefficient (Wildman–Crippen LogP) is 1.74. The van der Waals surface area contributed by atoms with E-state index in [-0.39, 0.29) is 28.2 Å². The first-order valence-corrected chi connectivity index (χ1v) is 9.69. The second kappa shape index (κ2) is 8.34. The summed E-state index contributed by atoms with van der Waals surface area (Å²) in [4.78, 5) is 24.2. The van der Waals surface area contributed by atoms with Crippen molar-refractivity contribution in [2.75, 3.05) is 11.0 Å². The Kier molecular flexibility index (Phi) is 7.04. The highest BCUT2D eigenvalue weighted by Gasteiger charge is 2.18. The SMILES string of the molecule is CCC(C)NC(=O)C(C)NC(=O)c1ccc(Cl)c(NS(C)(=O)=O)c1. The zero-order valence-corrected chi connectivity index (χ0v) is 15.6. The summed E-state index contributed by atoms with van der Waals surface area (Å²) in [6.07, 6.45) is 1.77. The van der Waals surface area contributed by atoms with Gasteiger partial charge in [-0.05, 0) is 38.5 Å². The maximum Gasteiger partial charge on any atom is 0.251 e. The first kappa shape index (κ1) is 20.2. The predicted molar refractivity (Wildman–Crippen MR) is 94.7 cm³/mol. The lowest BCUT2D eigenvalue weighted by molar-refractivity contribution is -0.123. The van der Waals surface area contributed by atoms with Gasteiger partial charge in [0.1, 0.15) is 6.04 Å². The van der Waals surface area contributed by atoms with Gasteiger partial charge in [0.05, 0.1) is 17.0 Å². The van der Waals surface area contributed by atoms with Gasteiger partial charge in [-0.15, -0.1) is 0 Å². The molecule has 1 aromatic rings. The maximum absolute atomic E-state index is 12.2. The van der Waals surface area contributed by atoms with Gasteiger partial charge >= 0.3 is 0 Å². The standard InChI is InChI=1S/C15H22ClN3O4S/c1-5-9(2)17-14(20)10(3)18-15(21)11-6-7-12(16)13(8-11)19-24(4,22)23/h6-10,19H,5H2,1-4H3,(H,17,20)(H,18,21). The Hall–Kier alpha value is -1.80. The molecule has 3 N–H and O–H groups in total. The van der Waals surface area contributed by atoms with Crippen LogP contribution >= 0.6 is 11.6 Å². The van der Waals surface area contributed by atoms with Gasteiger partial charge in [-0.2, -0.15) is 0 Å². The summed E-state index contributed by atoms with van der Waals surface area (Å²) < 4.78 is 24.9. The van der Waals surface area contributed by atoms with E-state index < -0.39 is 22.0 Å². The van der Waals surface area contributed by atoms with Crippen LogP contribution in [0.1, 0.15) is 37.6 Å². The third-order valence-electron chi connectivity index (χ3n) is 3.27. The Morgan fingerprint density at radius 1 is 1.21 bits per heavy atom. The smallest absolute Gasteiger partial charge is 0.251 e. The van der Waals surface area contributed by atoms with Gasteiger partial charge in [-0.25, -0.2) is 8.42 Å². The van der Waals surface area contributed by atoms with Crippen molar-refractivity contribution < 1.29 is 18.0 Å². The Bertz CT molecular complexity index is 721. The molecular formula is C15H22ClN3O4S. The number of sulfonamides is 1. The number of anilines is 1. The van der Waals surface area contributed by atoms with Crippen molar-refractivity contribution in [2.24, 2.45) is 0 Å². The van der Waals surface area contributed by atoms with Gasteiger partial charge in [0.25, 0.3) is 5.91 Å². The average Bonchev–Trinajstić information content (AvgIpc) is 2.47. The van der Waals surface area contributed by atoms with Gasteiger partial charge < -0.3 is 10.6 Å². The van der Waals surface area contributed by atoms with E-state index in [1.807, 2.05) is 13.8 Å². The van der Waals surface area contributed by atoms with Crippen LogP contribution in [0.15, 0.2) is 18.2 Å². The Labute approximate surface area is 147 Å². The molecule has 134 valence electrons. The quantitative estimate of drug-likeness (QED) is 0.675. The summed E-state index contributed by atoms with van der Waals surface area (Å²) in [6, 6.07) is 3.46. The summed E-state index contributed by atoms with van der Waals surface area (Å²) in [7, 11) is -3.53. The maximum atomic E-state index is 12.2. The number of hydrogen-bond donors (Lipinski definition) is 3. The molecule has 0 aromatic heterocycles. The van der Waals surface area contributed by atoms with Gasteiger partial charge in [0.2, 0.25) is 15.9 Å². The average molecular weight is 376 g/mol. The fourth-order valence-electron chi connectivity index (χ4n) is 1.76. The van der Waals surface area contributed by atoms with E-state index in [9.17, 15) is 18.0 Å². The summed E-state index contributed by atoms with van der Waals surface area (Å²) in [5.41, 5.74) is 0.289. The second-order valence-corrected chi connectivity index (χ2v) is 7.74. The molecule has 1 aromatic carbocycles. The van der Waals surface area contributed by atoms with Crippen LogP contribution in [-0.2, 0) is 14.8 Å². The van der Waals surface area contributed by atoms with Crippen LogP contribution < -0.4 is 15.4 Å². The van der Waals surface area contributed by atoms with Gasteiger partial charge in [0.15, 0.2) is 0 Å². The molecule has 0 radical (unpaired) electrons. The van der Waals surface area contributed by atoms with Crippen molar-refractivity contribution in [3.63, 3.8) is 0 Å². The molecule has 0 aliphatic rings. The number of hydrogen-bond acceptors (Lipinski definition) is 4. The number of rotatable bonds is 7. The first-order chi connectivity index (χ1) is 11.0. The number of carbonyl (C=O) groups is 2. The molecule has 2 atom stereocenters. The minimum atomic E-state index is -3.53. The highest BCUT2D eigenvalue weighted by atomic mass is 35.5. The fraction of sp³-hybridized carbons (Fsp3) is 0.467. The van der Waals surface area contributed by atoms with Crippen molar-refractivity contribution in [2.45, 2.75) is 39.3 Å². The molecule has 0 fully saturated rings. The van der Waals surface area contributed by atoms with Gasteiger partial charge in [0, 0.05) is 11.6 Å². The molecule has 0 aliphatic heterocycles. The van der Waals surface area contributed by atoms with Crippen LogP contribution in [0.25, 0.3) is 0 Å². The van der Waals surface area contributed by atoms with Crippen molar-refractivity contribution in [3.8, 4) is 0 Å². The highest BCUT2D eigenvalue weighted by molar-refractivity contribution is 7.92. The van der Waals surface area contributed by atoms with E-state index >= 15 is 0 Å². The van der Waals surface area contributed by atoms with E-state index in [1.54, 1.807) is 6.92 Å². The van der Waals surface area contributed by atoms with E-state index in [4.69, 9.17) is 11.6 Å². The topological polar surface area (TPSA) is 104 Å². The molecular weight excluding hydrogens is 354 g/mol. The van der Waals surface area contributed by atoms with Gasteiger partial charge in [-0.3, -0.25) is 14.3 Å². The van der Waals surface area contributed by atoms with E-state index in [1.165, 1.54) is 18.2 Å². The molecule has 7 nitrogen and oxygen atoms in total. The van der Waals surface area contributed by atoms with Crippen LogP contribution in [0.3, 0.4) is 0 Å². The number of nitrogens with one attached hydrogen (secondary N) is 3. The lowest BCUT2D eigenvalue weighted by Gasteiger charge is -2.17. The largest absolute Gasteiger partial charge is 0.352 e. The number of amides is 2. The van der Waals surface area contributed by atoms with Crippen molar-refractivity contribution in [1.82, 2.24) is 10.6 Å². The lowest BCUT2D eigenvalue weighted by Crippen LogP contribution is -2.47. The van der Waals surface area contributed by atoms with Crippen LogP contribution in [0.4, 0.5) is 5.69 Å².